The second-order valence-corrected chi connectivity index (χ2v) is 4.33. The van der Waals surface area contributed by atoms with Crippen molar-refractivity contribution in [3.8, 4) is 0 Å². The number of cyclic esters (lactones) is 1. The molecule has 3 heteroatoms. The molecule has 2 rings (SSSR count). The van der Waals surface area contributed by atoms with E-state index in [1.807, 2.05) is 12.1 Å². The van der Waals surface area contributed by atoms with Crippen LogP contribution in [0.4, 0.5) is 0 Å². The number of benzene rings is 1. The first kappa shape index (κ1) is 9.34. The van der Waals surface area contributed by atoms with Crippen LogP contribution < -0.4 is 0 Å². The van der Waals surface area contributed by atoms with E-state index in [-0.39, 0.29) is 5.97 Å². The van der Waals surface area contributed by atoms with Crippen molar-refractivity contribution in [2.45, 2.75) is 11.8 Å². The van der Waals surface area contributed by atoms with Crippen LogP contribution >= 0.6 is 11.8 Å². The number of thioether (sulfide) groups is 1. The van der Waals surface area contributed by atoms with E-state index < -0.39 is 0 Å². The Hall–Kier alpha value is -1.22. The highest BCUT2D eigenvalue weighted by Gasteiger charge is 2.13. The first-order valence-electron chi connectivity index (χ1n) is 4.36. The van der Waals surface area contributed by atoms with Crippen LogP contribution in [0.1, 0.15) is 5.56 Å². The maximum atomic E-state index is 10.8. The van der Waals surface area contributed by atoms with Gasteiger partial charge in [0.15, 0.2) is 0 Å². The molecule has 72 valence electrons. The van der Waals surface area contributed by atoms with Gasteiger partial charge in [0.25, 0.3) is 0 Å². The Bertz CT molecular complexity index is 379. The SMILES string of the molecule is Cc1ccc(SC2=CC(=O)OC2)cc1. The van der Waals surface area contributed by atoms with Crippen molar-refractivity contribution in [3.63, 3.8) is 0 Å². The van der Waals surface area contributed by atoms with Gasteiger partial charge in [-0.1, -0.05) is 29.5 Å². The van der Waals surface area contributed by atoms with Gasteiger partial charge in [-0.2, -0.15) is 0 Å². The molecule has 0 radical (unpaired) electrons. The summed E-state index contributed by atoms with van der Waals surface area (Å²) >= 11 is 1.58. The summed E-state index contributed by atoms with van der Waals surface area (Å²) in [6.07, 6.45) is 1.55. The number of ether oxygens (including phenoxy) is 1. The predicted octanol–water partition coefficient (Wildman–Crippen LogP) is 2.53. The minimum absolute atomic E-state index is 0.236. The minimum Gasteiger partial charge on any atom is -0.457 e. The topological polar surface area (TPSA) is 26.3 Å². The van der Waals surface area contributed by atoms with Gasteiger partial charge in [0.1, 0.15) is 6.61 Å². The van der Waals surface area contributed by atoms with Gasteiger partial charge in [-0.05, 0) is 19.1 Å². The predicted molar refractivity (Wildman–Crippen MR) is 56.1 cm³/mol. The zero-order chi connectivity index (χ0) is 9.97. The van der Waals surface area contributed by atoms with Gasteiger partial charge in [0, 0.05) is 15.9 Å². The van der Waals surface area contributed by atoms with Crippen LogP contribution in [-0.4, -0.2) is 12.6 Å². The molecule has 0 spiro atoms. The number of carbonyl (C=O) groups excluding carboxylic acids is 1. The fourth-order valence-corrected chi connectivity index (χ4v) is 2.02. The molecule has 0 saturated heterocycles. The van der Waals surface area contributed by atoms with E-state index in [9.17, 15) is 4.79 Å². The summed E-state index contributed by atoms with van der Waals surface area (Å²) in [7, 11) is 0. The van der Waals surface area contributed by atoms with E-state index in [1.54, 1.807) is 17.8 Å². The second-order valence-electron chi connectivity index (χ2n) is 3.13. The lowest BCUT2D eigenvalue weighted by Gasteiger charge is -2.00. The molecule has 1 aliphatic heterocycles. The first-order valence-corrected chi connectivity index (χ1v) is 5.17. The number of hydrogen-bond acceptors (Lipinski definition) is 3. The molecule has 1 aromatic rings. The van der Waals surface area contributed by atoms with Gasteiger partial charge < -0.3 is 4.74 Å². The molecule has 14 heavy (non-hydrogen) atoms. The molecule has 1 aromatic carbocycles. The molecule has 0 aromatic heterocycles. The zero-order valence-corrected chi connectivity index (χ0v) is 8.64. The first-order chi connectivity index (χ1) is 6.74. The highest BCUT2D eigenvalue weighted by molar-refractivity contribution is 8.03. The fraction of sp³-hybridized carbons (Fsp3) is 0.182. The third-order valence-corrected chi connectivity index (χ3v) is 2.91. The molecule has 0 fully saturated rings. The summed E-state index contributed by atoms with van der Waals surface area (Å²) in [5.74, 6) is -0.236. The molecule has 0 atom stereocenters. The summed E-state index contributed by atoms with van der Waals surface area (Å²) in [6, 6.07) is 8.20. The van der Waals surface area contributed by atoms with Gasteiger partial charge in [-0.15, -0.1) is 0 Å². The lowest BCUT2D eigenvalue weighted by atomic mass is 10.2. The highest BCUT2D eigenvalue weighted by atomic mass is 32.2. The molecule has 0 unspecified atom stereocenters. The maximum Gasteiger partial charge on any atom is 0.332 e. The second kappa shape index (κ2) is 3.88. The average Bonchev–Trinajstić information content (AvgIpc) is 2.56. The van der Waals surface area contributed by atoms with Crippen molar-refractivity contribution >= 4 is 17.7 Å². The molecule has 0 amide bonds. The van der Waals surface area contributed by atoms with Crippen LogP contribution in [0.25, 0.3) is 0 Å². The molecule has 0 bridgehead atoms. The quantitative estimate of drug-likeness (QED) is 0.695. The van der Waals surface area contributed by atoms with Crippen molar-refractivity contribution in [2.75, 3.05) is 6.61 Å². The highest BCUT2D eigenvalue weighted by Crippen LogP contribution is 2.29. The van der Waals surface area contributed by atoms with Crippen LogP contribution in [0, 0.1) is 6.92 Å². The molecule has 1 heterocycles. The zero-order valence-electron chi connectivity index (χ0n) is 7.82. The van der Waals surface area contributed by atoms with Crippen LogP contribution in [0.5, 0.6) is 0 Å². The fourth-order valence-electron chi connectivity index (χ4n) is 1.17. The van der Waals surface area contributed by atoms with E-state index in [2.05, 4.69) is 19.1 Å². The van der Waals surface area contributed by atoms with Crippen LogP contribution in [0.2, 0.25) is 0 Å². The van der Waals surface area contributed by atoms with Crippen molar-refractivity contribution in [1.82, 2.24) is 0 Å². The van der Waals surface area contributed by atoms with E-state index in [1.165, 1.54) is 5.56 Å². The molecule has 2 nitrogen and oxygen atoms in total. The Labute approximate surface area is 87.0 Å². The summed E-state index contributed by atoms with van der Waals surface area (Å²) in [6.45, 7) is 2.47. The van der Waals surface area contributed by atoms with Crippen LogP contribution in [-0.2, 0) is 9.53 Å². The number of rotatable bonds is 2. The number of hydrogen-bond donors (Lipinski definition) is 0. The Morgan fingerprint density at radius 1 is 1.29 bits per heavy atom. The van der Waals surface area contributed by atoms with Gasteiger partial charge >= 0.3 is 5.97 Å². The lowest BCUT2D eigenvalue weighted by molar-refractivity contribution is -0.134. The Kier molecular flexibility index (Phi) is 2.59. The summed E-state index contributed by atoms with van der Waals surface area (Å²) < 4.78 is 4.81. The average molecular weight is 206 g/mol. The van der Waals surface area contributed by atoms with Crippen LogP contribution in [0.3, 0.4) is 0 Å². The normalized spacial score (nSPS) is 15.2. The number of aryl methyl sites for hydroxylation is 1. The van der Waals surface area contributed by atoms with E-state index in [4.69, 9.17) is 4.74 Å². The summed E-state index contributed by atoms with van der Waals surface area (Å²) in [5, 5.41) is 0. The Balaban J connectivity index is 2.08. The third-order valence-electron chi connectivity index (χ3n) is 1.91. The molecule has 1 aliphatic rings. The van der Waals surface area contributed by atoms with Crippen molar-refractivity contribution in [2.24, 2.45) is 0 Å². The monoisotopic (exact) mass is 206 g/mol. The van der Waals surface area contributed by atoms with Crippen molar-refractivity contribution in [3.05, 3.63) is 40.8 Å². The minimum atomic E-state index is -0.236. The molecule has 0 aliphatic carbocycles. The standard InChI is InChI=1S/C11H10O2S/c1-8-2-4-9(5-3-8)14-10-6-11(12)13-7-10/h2-6H,7H2,1H3. The van der Waals surface area contributed by atoms with Gasteiger partial charge in [-0.25, -0.2) is 4.79 Å². The van der Waals surface area contributed by atoms with E-state index in [0.29, 0.717) is 6.61 Å². The van der Waals surface area contributed by atoms with Crippen molar-refractivity contribution < 1.29 is 9.53 Å². The van der Waals surface area contributed by atoms with Gasteiger partial charge in [0.2, 0.25) is 0 Å². The van der Waals surface area contributed by atoms with Gasteiger partial charge in [0.05, 0.1) is 0 Å². The molecular weight excluding hydrogens is 196 g/mol. The smallest absolute Gasteiger partial charge is 0.332 e. The van der Waals surface area contributed by atoms with Gasteiger partial charge in [-0.3, -0.25) is 0 Å². The Morgan fingerprint density at radius 2 is 2.00 bits per heavy atom. The van der Waals surface area contributed by atoms with E-state index in [0.717, 1.165) is 9.80 Å². The van der Waals surface area contributed by atoms with E-state index >= 15 is 0 Å². The van der Waals surface area contributed by atoms with Crippen LogP contribution in [0.15, 0.2) is 40.1 Å². The summed E-state index contributed by atoms with van der Waals surface area (Å²) in [5.41, 5.74) is 1.24. The summed E-state index contributed by atoms with van der Waals surface area (Å²) in [4.78, 5) is 12.9. The molecular formula is C11H10O2S. The number of esters is 1. The molecule has 0 N–H and O–H groups in total. The largest absolute Gasteiger partial charge is 0.457 e. The molecule has 0 saturated carbocycles. The van der Waals surface area contributed by atoms with Crippen molar-refractivity contribution in [1.29, 1.82) is 0 Å². The third kappa shape index (κ3) is 2.17. The Morgan fingerprint density at radius 3 is 2.57 bits per heavy atom. The number of carbonyl (C=O) groups is 1. The maximum absolute atomic E-state index is 10.8. The lowest BCUT2D eigenvalue weighted by Crippen LogP contribution is -1.90.